The Morgan fingerprint density at radius 1 is 1.69 bits per heavy atom. The molecule has 0 aromatic carbocycles. The molecule has 5 heteroatoms. The second-order valence-corrected chi connectivity index (χ2v) is 4.23. The second-order valence-electron chi connectivity index (χ2n) is 4.23. The van der Waals surface area contributed by atoms with E-state index in [1.807, 2.05) is 6.07 Å². The summed E-state index contributed by atoms with van der Waals surface area (Å²) in [5.74, 6) is -0.392. The summed E-state index contributed by atoms with van der Waals surface area (Å²) in [7, 11) is 0. The van der Waals surface area contributed by atoms with E-state index in [0.29, 0.717) is 19.5 Å². The van der Waals surface area contributed by atoms with Crippen molar-refractivity contribution in [3.63, 3.8) is 0 Å². The van der Waals surface area contributed by atoms with Crippen LogP contribution in [-0.4, -0.2) is 36.3 Å². The number of nitrogens with one attached hydrogen (secondary N) is 1. The Bertz CT molecular complexity index is 335. The van der Waals surface area contributed by atoms with Crippen LogP contribution in [0, 0.1) is 16.7 Å². The van der Waals surface area contributed by atoms with Gasteiger partial charge in [0, 0.05) is 13.1 Å². The molecule has 0 aromatic heterocycles. The van der Waals surface area contributed by atoms with E-state index in [-0.39, 0.29) is 18.4 Å². The van der Waals surface area contributed by atoms with Crippen molar-refractivity contribution >= 4 is 11.8 Å². The average Bonchev–Trinajstić information content (AvgIpc) is 2.51. The van der Waals surface area contributed by atoms with Crippen LogP contribution in [0.2, 0.25) is 0 Å². The van der Waals surface area contributed by atoms with Crippen molar-refractivity contribution in [2.24, 2.45) is 5.41 Å². The Morgan fingerprint density at radius 3 is 2.94 bits per heavy atom. The van der Waals surface area contributed by atoms with Crippen LogP contribution in [0.15, 0.2) is 0 Å². The van der Waals surface area contributed by atoms with E-state index in [9.17, 15) is 9.59 Å². The number of carbonyl (C=O) groups excluding carboxylic acids is 2. The Balaban J connectivity index is 2.80. The van der Waals surface area contributed by atoms with Crippen LogP contribution in [0.4, 0.5) is 0 Å². The molecule has 0 spiro atoms. The lowest BCUT2D eigenvalue weighted by molar-refractivity contribution is -0.141. The summed E-state index contributed by atoms with van der Waals surface area (Å²) in [6, 6.07) is 2.04. The van der Waals surface area contributed by atoms with Crippen LogP contribution in [0.1, 0.15) is 26.7 Å². The van der Waals surface area contributed by atoms with Gasteiger partial charge in [-0.15, -0.1) is 0 Å². The van der Waals surface area contributed by atoms with Gasteiger partial charge in [-0.3, -0.25) is 9.59 Å². The molecule has 1 fully saturated rings. The lowest BCUT2D eigenvalue weighted by Crippen LogP contribution is -2.44. The maximum absolute atomic E-state index is 12.1. The van der Waals surface area contributed by atoms with Gasteiger partial charge in [-0.05, 0) is 19.8 Å². The highest BCUT2D eigenvalue weighted by molar-refractivity contribution is 5.89. The molecule has 0 bridgehead atoms. The predicted molar refractivity (Wildman–Crippen MR) is 58.2 cm³/mol. The molecule has 88 valence electrons. The van der Waals surface area contributed by atoms with E-state index in [2.05, 4.69) is 5.32 Å². The first kappa shape index (κ1) is 12.5. The number of rotatable bonds is 2. The molecule has 5 nitrogen and oxygen atoms in total. The van der Waals surface area contributed by atoms with E-state index in [1.165, 1.54) is 4.90 Å². The van der Waals surface area contributed by atoms with Crippen LogP contribution in [-0.2, 0) is 9.59 Å². The van der Waals surface area contributed by atoms with Crippen LogP contribution in [0.3, 0.4) is 0 Å². The van der Waals surface area contributed by atoms with Crippen LogP contribution >= 0.6 is 0 Å². The molecular formula is C11H17N3O2. The summed E-state index contributed by atoms with van der Waals surface area (Å²) in [6.07, 6.45) is 1.20. The fourth-order valence-electron chi connectivity index (χ4n) is 1.61. The van der Waals surface area contributed by atoms with Gasteiger partial charge in [-0.2, -0.15) is 5.26 Å². The lowest BCUT2D eigenvalue weighted by atomic mass is 9.87. The van der Waals surface area contributed by atoms with Gasteiger partial charge >= 0.3 is 0 Å². The molecule has 1 aliphatic rings. The van der Waals surface area contributed by atoms with Crippen molar-refractivity contribution in [3.8, 4) is 6.07 Å². The molecule has 0 radical (unpaired) electrons. The Kier molecular flexibility index (Phi) is 3.88. The van der Waals surface area contributed by atoms with Crippen LogP contribution in [0.25, 0.3) is 0 Å². The first-order valence-corrected chi connectivity index (χ1v) is 5.51. The van der Waals surface area contributed by atoms with Crippen molar-refractivity contribution in [1.82, 2.24) is 10.2 Å². The molecule has 1 N–H and O–H groups in total. The monoisotopic (exact) mass is 223 g/mol. The molecule has 1 unspecified atom stereocenters. The van der Waals surface area contributed by atoms with Crippen LogP contribution < -0.4 is 5.32 Å². The first-order valence-electron chi connectivity index (χ1n) is 5.51. The number of hydrogen-bond donors (Lipinski definition) is 1. The number of amides is 2. The second kappa shape index (κ2) is 4.97. The van der Waals surface area contributed by atoms with Crippen molar-refractivity contribution in [1.29, 1.82) is 5.26 Å². The number of hydrogen-bond acceptors (Lipinski definition) is 3. The highest BCUT2D eigenvalue weighted by atomic mass is 16.2. The SMILES string of the molecule is CCC(C)(C#N)C(=O)N1CCCNC(=O)C1. The fourth-order valence-corrected chi connectivity index (χ4v) is 1.61. The summed E-state index contributed by atoms with van der Waals surface area (Å²) in [5, 5.41) is 11.7. The Labute approximate surface area is 95.4 Å². The topological polar surface area (TPSA) is 73.2 Å². The quantitative estimate of drug-likeness (QED) is 0.730. The molecule has 1 saturated heterocycles. The summed E-state index contributed by atoms with van der Waals surface area (Å²) < 4.78 is 0. The van der Waals surface area contributed by atoms with E-state index in [0.717, 1.165) is 6.42 Å². The summed E-state index contributed by atoms with van der Waals surface area (Å²) in [4.78, 5) is 24.9. The van der Waals surface area contributed by atoms with Gasteiger partial charge in [-0.25, -0.2) is 0 Å². The minimum absolute atomic E-state index is 0.0656. The third-order valence-electron chi connectivity index (χ3n) is 2.97. The normalized spacial score (nSPS) is 20.3. The van der Waals surface area contributed by atoms with Crippen LogP contribution in [0.5, 0.6) is 0 Å². The van der Waals surface area contributed by atoms with Gasteiger partial charge in [0.15, 0.2) is 0 Å². The van der Waals surface area contributed by atoms with Crippen molar-refractivity contribution in [2.45, 2.75) is 26.7 Å². The van der Waals surface area contributed by atoms with E-state index >= 15 is 0 Å². The number of nitrogens with zero attached hydrogens (tertiary/aromatic N) is 2. The van der Waals surface area contributed by atoms with E-state index in [4.69, 9.17) is 5.26 Å². The zero-order chi connectivity index (χ0) is 12.2. The number of nitriles is 1. The minimum atomic E-state index is -1.01. The number of carbonyl (C=O) groups is 2. The maximum Gasteiger partial charge on any atom is 0.243 e. The zero-order valence-corrected chi connectivity index (χ0v) is 9.75. The predicted octanol–water partition coefficient (Wildman–Crippen LogP) is 0.275. The third kappa shape index (κ3) is 2.51. The average molecular weight is 223 g/mol. The van der Waals surface area contributed by atoms with Crippen molar-refractivity contribution in [3.05, 3.63) is 0 Å². The van der Waals surface area contributed by atoms with Gasteiger partial charge < -0.3 is 10.2 Å². The largest absolute Gasteiger partial charge is 0.354 e. The molecule has 0 aromatic rings. The standard InChI is InChI=1S/C11H17N3O2/c1-3-11(2,8-12)10(16)14-6-4-5-13-9(15)7-14/h3-7H2,1-2H3,(H,13,15). The third-order valence-corrected chi connectivity index (χ3v) is 2.97. The van der Waals surface area contributed by atoms with E-state index in [1.54, 1.807) is 13.8 Å². The van der Waals surface area contributed by atoms with Crippen molar-refractivity contribution in [2.75, 3.05) is 19.6 Å². The maximum atomic E-state index is 12.1. The molecule has 0 saturated carbocycles. The van der Waals surface area contributed by atoms with E-state index < -0.39 is 5.41 Å². The highest BCUT2D eigenvalue weighted by Gasteiger charge is 2.36. The summed E-state index contributed by atoms with van der Waals surface area (Å²) in [5.41, 5.74) is -1.01. The zero-order valence-electron chi connectivity index (χ0n) is 9.75. The minimum Gasteiger partial charge on any atom is -0.354 e. The summed E-state index contributed by atoms with van der Waals surface area (Å²) >= 11 is 0. The molecule has 1 rings (SSSR count). The highest BCUT2D eigenvalue weighted by Crippen LogP contribution is 2.23. The van der Waals surface area contributed by atoms with Crippen molar-refractivity contribution < 1.29 is 9.59 Å². The molecule has 1 heterocycles. The van der Waals surface area contributed by atoms with Gasteiger partial charge in [0.05, 0.1) is 12.6 Å². The van der Waals surface area contributed by atoms with Gasteiger partial charge in [0.2, 0.25) is 11.8 Å². The van der Waals surface area contributed by atoms with Gasteiger partial charge in [0.1, 0.15) is 5.41 Å². The lowest BCUT2D eigenvalue weighted by Gasteiger charge is -2.27. The molecule has 1 atom stereocenters. The summed E-state index contributed by atoms with van der Waals surface area (Å²) in [6.45, 7) is 4.63. The molecule has 0 aliphatic carbocycles. The first-order chi connectivity index (χ1) is 7.53. The molecular weight excluding hydrogens is 206 g/mol. The Morgan fingerprint density at radius 2 is 2.38 bits per heavy atom. The molecule has 16 heavy (non-hydrogen) atoms. The molecule has 1 aliphatic heterocycles. The molecule has 2 amide bonds. The van der Waals surface area contributed by atoms with Gasteiger partial charge in [0.25, 0.3) is 0 Å². The Hall–Kier alpha value is -1.57. The fraction of sp³-hybridized carbons (Fsp3) is 0.727. The smallest absolute Gasteiger partial charge is 0.243 e. The van der Waals surface area contributed by atoms with Gasteiger partial charge in [-0.1, -0.05) is 6.92 Å².